The fourth-order valence-corrected chi connectivity index (χ4v) is 2.43. The molecule has 0 aliphatic rings. The minimum atomic E-state index is -0.255. The SMILES string of the molecule is COc1ccc(-c2cc(=O)[nH]c(NCCc3ccc(F)cc3)n2)cc1. The minimum Gasteiger partial charge on any atom is -0.497 e. The highest BCUT2D eigenvalue weighted by Gasteiger charge is 2.05. The normalized spacial score (nSPS) is 10.5. The number of halogens is 1. The van der Waals surface area contributed by atoms with Crippen molar-refractivity contribution in [2.45, 2.75) is 6.42 Å². The first-order valence-corrected chi connectivity index (χ1v) is 7.88. The third-order valence-electron chi connectivity index (χ3n) is 3.75. The van der Waals surface area contributed by atoms with E-state index in [-0.39, 0.29) is 11.4 Å². The number of anilines is 1. The van der Waals surface area contributed by atoms with Gasteiger partial charge >= 0.3 is 0 Å². The maximum Gasteiger partial charge on any atom is 0.252 e. The number of aromatic amines is 1. The number of hydrogen-bond donors (Lipinski definition) is 2. The lowest BCUT2D eigenvalue weighted by molar-refractivity contribution is 0.415. The summed E-state index contributed by atoms with van der Waals surface area (Å²) in [5.41, 5.74) is 2.18. The number of nitrogens with one attached hydrogen (secondary N) is 2. The molecule has 0 unspecified atom stereocenters. The second-order valence-corrected chi connectivity index (χ2v) is 5.51. The Bertz CT molecular complexity index is 890. The number of benzene rings is 2. The van der Waals surface area contributed by atoms with Crippen molar-refractivity contribution in [2.75, 3.05) is 19.0 Å². The molecule has 0 spiro atoms. The summed E-state index contributed by atoms with van der Waals surface area (Å²) in [6.45, 7) is 0.570. The summed E-state index contributed by atoms with van der Waals surface area (Å²) < 4.78 is 18.0. The largest absolute Gasteiger partial charge is 0.497 e. The molecule has 0 saturated carbocycles. The zero-order chi connectivity index (χ0) is 17.6. The quantitative estimate of drug-likeness (QED) is 0.723. The molecule has 0 atom stereocenters. The van der Waals surface area contributed by atoms with Crippen LogP contribution in [-0.2, 0) is 6.42 Å². The molecule has 6 heteroatoms. The molecule has 0 radical (unpaired) electrons. The van der Waals surface area contributed by atoms with Gasteiger partial charge in [-0.15, -0.1) is 0 Å². The molecule has 1 heterocycles. The van der Waals surface area contributed by atoms with E-state index in [1.165, 1.54) is 18.2 Å². The Morgan fingerprint density at radius 1 is 1.12 bits per heavy atom. The Hall–Kier alpha value is -3.15. The second kappa shape index (κ2) is 7.61. The monoisotopic (exact) mass is 339 g/mol. The van der Waals surface area contributed by atoms with Crippen LogP contribution in [0.3, 0.4) is 0 Å². The summed E-state index contributed by atoms with van der Waals surface area (Å²) in [6.07, 6.45) is 0.691. The zero-order valence-corrected chi connectivity index (χ0v) is 13.8. The first-order chi connectivity index (χ1) is 12.1. The Morgan fingerprint density at radius 2 is 1.84 bits per heavy atom. The molecule has 2 N–H and O–H groups in total. The summed E-state index contributed by atoms with van der Waals surface area (Å²) in [4.78, 5) is 19.0. The van der Waals surface area contributed by atoms with Crippen LogP contribution in [0.4, 0.5) is 10.3 Å². The standard InChI is InChI=1S/C19H18FN3O2/c1-25-16-8-4-14(5-9-16)17-12-18(24)23-19(22-17)21-11-10-13-2-6-15(20)7-3-13/h2-9,12H,10-11H2,1H3,(H2,21,22,23,24). The number of hydrogen-bond acceptors (Lipinski definition) is 4. The van der Waals surface area contributed by atoms with Crippen LogP contribution in [0.15, 0.2) is 59.4 Å². The van der Waals surface area contributed by atoms with Crippen LogP contribution in [0.2, 0.25) is 0 Å². The summed E-state index contributed by atoms with van der Waals surface area (Å²) in [7, 11) is 1.60. The predicted octanol–water partition coefficient (Wildman–Crippen LogP) is 3.24. The van der Waals surface area contributed by atoms with Gasteiger partial charge in [0.15, 0.2) is 0 Å². The van der Waals surface area contributed by atoms with Crippen LogP contribution in [0.1, 0.15) is 5.56 Å². The van der Waals surface area contributed by atoms with Gasteiger partial charge in [-0.05, 0) is 48.4 Å². The number of aromatic nitrogens is 2. The van der Waals surface area contributed by atoms with Gasteiger partial charge in [0.1, 0.15) is 11.6 Å². The van der Waals surface area contributed by atoms with E-state index in [1.54, 1.807) is 19.2 Å². The molecule has 3 rings (SSSR count). The molecule has 0 fully saturated rings. The van der Waals surface area contributed by atoms with E-state index in [4.69, 9.17) is 4.74 Å². The number of ether oxygens (including phenoxy) is 1. The van der Waals surface area contributed by atoms with Crippen molar-refractivity contribution in [2.24, 2.45) is 0 Å². The van der Waals surface area contributed by atoms with Crippen molar-refractivity contribution >= 4 is 5.95 Å². The van der Waals surface area contributed by atoms with Crippen molar-refractivity contribution in [3.63, 3.8) is 0 Å². The zero-order valence-electron chi connectivity index (χ0n) is 13.8. The van der Waals surface area contributed by atoms with Gasteiger partial charge in [0, 0.05) is 18.2 Å². The van der Waals surface area contributed by atoms with E-state index in [9.17, 15) is 9.18 Å². The van der Waals surface area contributed by atoms with Crippen molar-refractivity contribution in [1.29, 1.82) is 0 Å². The molecule has 0 amide bonds. The van der Waals surface area contributed by atoms with E-state index in [0.29, 0.717) is 24.6 Å². The van der Waals surface area contributed by atoms with Gasteiger partial charge in [0.05, 0.1) is 12.8 Å². The smallest absolute Gasteiger partial charge is 0.252 e. The molecule has 2 aromatic carbocycles. The second-order valence-electron chi connectivity index (χ2n) is 5.51. The maximum atomic E-state index is 12.9. The highest BCUT2D eigenvalue weighted by molar-refractivity contribution is 5.60. The molecule has 5 nitrogen and oxygen atoms in total. The number of methoxy groups -OCH3 is 1. The summed E-state index contributed by atoms with van der Waals surface area (Å²) in [5.74, 6) is 0.890. The number of rotatable bonds is 6. The predicted molar refractivity (Wildman–Crippen MR) is 95.4 cm³/mol. The van der Waals surface area contributed by atoms with E-state index >= 15 is 0 Å². The topological polar surface area (TPSA) is 67.0 Å². The molecule has 0 saturated heterocycles. The molecule has 0 aliphatic carbocycles. The lowest BCUT2D eigenvalue weighted by atomic mass is 10.1. The van der Waals surface area contributed by atoms with Crippen LogP contribution >= 0.6 is 0 Å². The van der Waals surface area contributed by atoms with Crippen LogP contribution < -0.4 is 15.6 Å². The molecular formula is C19H18FN3O2. The first kappa shape index (κ1) is 16.7. The minimum absolute atomic E-state index is 0.231. The van der Waals surface area contributed by atoms with Gasteiger partial charge in [0.25, 0.3) is 5.56 Å². The van der Waals surface area contributed by atoms with Gasteiger partial charge in [-0.25, -0.2) is 9.37 Å². The molecule has 3 aromatic rings. The molecule has 25 heavy (non-hydrogen) atoms. The van der Waals surface area contributed by atoms with Crippen molar-refractivity contribution < 1.29 is 9.13 Å². The highest BCUT2D eigenvalue weighted by Crippen LogP contribution is 2.20. The van der Waals surface area contributed by atoms with E-state index in [0.717, 1.165) is 16.9 Å². The molecule has 128 valence electrons. The van der Waals surface area contributed by atoms with Gasteiger partial charge in [-0.2, -0.15) is 0 Å². The Kier molecular flexibility index (Phi) is 5.09. The van der Waals surface area contributed by atoms with Gasteiger partial charge in [0.2, 0.25) is 5.95 Å². The number of nitrogens with zero attached hydrogens (tertiary/aromatic N) is 1. The highest BCUT2D eigenvalue weighted by atomic mass is 19.1. The first-order valence-electron chi connectivity index (χ1n) is 7.88. The molecule has 0 bridgehead atoms. The fourth-order valence-electron chi connectivity index (χ4n) is 2.43. The van der Waals surface area contributed by atoms with Gasteiger partial charge < -0.3 is 10.1 Å². The summed E-state index contributed by atoms with van der Waals surface area (Å²) in [6, 6.07) is 15.1. The van der Waals surface area contributed by atoms with E-state index in [2.05, 4.69) is 15.3 Å². The van der Waals surface area contributed by atoms with Crippen LogP contribution in [-0.4, -0.2) is 23.6 Å². The van der Waals surface area contributed by atoms with Crippen LogP contribution in [0, 0.1) is 5.82 Å². The van der Waals surface area contributed by atoms with Crippen LogP contribution in [0.5, 0.6) is 5.75 Å². The van der Waals surface area contributed by atoms with Gasteiger partial charge in [-0.1, -0.05) is 12.1 Å². The van der Waals surface area contributed by atoms with Crippen LogP contribution in [0.25, 0.3) is 11.3 Å². The lowest BCUT2D eigenvalue weighted by Crippen LogP contribution is -2.14. The maximum absolute atomic E-state index is 12.9. The van der Waals surface area contributed by atoms with Crippen molar-refractivity contribution in [3.8, 4) is 17.0 Å². The Labute approximate surface area is 144 Å². The third kappa shape index (κ3) is 4.44. The van der Waals surface area contributed by atoms with Crippen molar-refractivity contribution in [3.05, 3.63) is 76.3 Å². The number of H-pyrrole nitrogens is 1. The average molecular weight is 339 g/mol. The van der Waals surface area contributed by atoms with Gasteiger partial charge in [-0.3, -0.25) is 9.78 Å². The molecule has 1 aromatic heterocycles. The Balaban J connectivity index is 1.70. The molecular weight excluding hydrogens is 321 g/mol. The summed E-state index contributed by atoms with van der Waals surface area (Å²) in [5, 5.41) is 3.10. The summed E-state index contributed by atoms with van der Waals surface area (Å²) >= 11 is 0. The van der Waals surface area contributed by atoms with E-state index < -0.39 is 0 Å². The lowest BCUT2D eigenvalue weighted by Gasteiger charge is -2.08. The Morgan fingerprint density at radius 3 is 2.52 bits per heavy atom. The fraction of sp³-hybridized carbons (Fsp3) is 0.158. The van der Waals surface area contributed by atoms with E-state index in [1.807, 2.05) is 24.3 Å². The third-order valence-corrected chi connectivity index (χ3v) is 3.75. The molecule has 0 aliphatic heterocycles. The van der Waals surface area contributed by atoms with Crippen molar-refractivity contribution in [1.82, 2.24) is 9.97 Å². The average Bonchev–Trinajstić information content (AvgIpc) is 2.63.